The van der Waals surface area contributed by atoms with Crippen molar-refractivity contribution in [3.63, 3.8) is 0 Å². The van der Waals surface area contributed by atoms with Crippen LogP contribution in [0.25, 0.3) is 0 Å². The van der Waals surface area contributed by atoms with Crippen LogP contribution in [0.5, 0.6) is 5.75 Å². The quantitative estimate of drug-likeness (QED) is 0.661. The maximum Gasteiger partial charge on any atom is 0.237 e. The summed E-state index contributed by atoms with van der Waals surface area (Å²) in [6, 6.07) is 7.24. The molecule has 1 aliphatic rings. The summed E-state index contributed by atoms with van der Waals surface area (Å²) in [4.78, 5) is 26.3. The molecular formula is C17H25N3O4. The van der Waals surface area contributed by atoms with Crippen LogP contribution in [-0.2, 0) is 20.9 Å². The van der Waals surface area contributed by atoms with Crippen LogP contribution in [0.4, 0.5) is 0 Å². The third kappa shape index (κ3) is 4.94. The molecule has 2 N–H and O–H groups in total. The molecule has 2 amide bonds. The first kappa shape index (κ1) is 18.2. The highest BCUT2D eigenvalue weighted by Crippen LogP contribution is 2.21. The standard InChI is InChI=1S/C17H25N3O4/c1-23-10-8-18-16(21)11-14-17(22)19-7-9-20(14)12-13-5-3-4-6-15(13)24-2/h3-6,14H,7-12H2,1-2H3,(H,18,21)(H,19,22)/t14-/m1/s1. The Kier molecular flexibility index (Phi) is 7.02. The molecule has 7 nitrogen and oxygen atoms in total. The van der Waals surface area contributed by atoms with Crippen molar-refractivity contribution >= 4 is 11.8 Å². The number of methoxy groups -OCH3 is 2. The van der Waals surface area contributed by atoms with Crippen LogP contribution >= 0.6 is 0 Å². The Bertz CT molecular complexity index is 565. The lowest BCUT2D eigenvalue weighted by molar-refractivity contribution is -0.134. The molecular weight excluding hydrogens is 310 g/mol. The van der Waals surface area contributed by atoms with E-state index in [4.69, 9.17) is 9.47 Å². The number of piperazine rings is 1. The number of carbonyl (C=O) groups is 2. The number of nitrogens with one attached hydrogen (secondary N) is 2. The van der Waals surface area contributed by atoms with Gasteiger partial charge >= 0.3 is 0 Å². The lowest BCUT2D eigenvalue weighted by atomic mass is 10.1. The van der Waals surface area contributed by atoms with Gasteiger partial charge in [0.15, 0.2) is 0 Å². The molecule has 0 unspecified atom stereocenters. The van der Waals surface area contributed by atoms with Crippen molar-refractivity contribution in [1.82, 2.24) is 15.5 Å². The summed E-state index contributed by atoms with van der Waals surface area (Å²) >= 11 is 0. The van der Waals surface area contributed by atoms with Crippen molar-refractivity contribution in [3.8, 4) is 5.75 Å². The predicted octanol–water partition coefficient (Wildman–Crippen LogP) is 0.148. The van der Waals surface area contributed by atoms with Crippen LogP contribution < -0.4 is 15.4 Å². The highest BCUT2D eigenvalue weighted by molar-refractivity contribution is 5.88. The van der Waals surface area contributed by atoms with Gasteiger partial charge in [-0.05, 0) is 6.07 Å². The Labute approximate surface area is 142 Å². The molecule has 1 aromatic carbocycles. The van der Waals surface area contributed by atoms with Crippen LogP contribution in [0.15, 0.2) is 24.3 Å². The number of nitrogens with zero attached hydrogens (tertiary/aromatic N) is 1. The largest absolute Gasteiger partial charge is 0.496 e. The third-order valence-electron chi connectivity index (χ3n) is 4.01. The van der Waals surface area contributed by atoms with E-state index in [1.165, 1.54) is 0 Å². The van der Waals surface area contributed by atoms with Gasteiger partial charge in [-0.25, -0.2) is 0 Å². The summed E-state index contributed by atoms with van der Waals surface area (Å²) in [7, 11) is 3.21. The second-order valence-corrected chi connectivity index (χ2v) is 5.64. The molecule has 132 valence electrons. The van der Waals surface area contributed by atoms with Crippen LogP contribution in [0.2, 0.25) is 0 Å². The summed E-state index contributed by atoms with van der Waals surface area (Å²) in [5.74, 6) is 0.518. The van der Waals surface area contributed by atoms with Crippen LogP contribution in [0.1, 0.15) is 12.0 Å². The number of hydrogen-bond acceptors (Lipinski definition) is 5. The number of ether oxygens (including phenoxy) is 2. The summed E-state index contributed by atoms with van der Waals surface area (Å²) in [6.07, 6.45) is 0.130. The zero-order chi connectivity index (χ0) is 17.4. The molecule has 0 aliphatic carbocycles. The number of amides is 2. The summed E-state index contributed by atoms with van der Waals surface area (Å²) in [5.41, 5.74) is 1.000. The molecule has 2 rings (SSSR count). The summed E-state index contributed by atoms with van der Waals surface area (Å²) < 4.78 is 10.3. The van der Waals surface area contributed by atoms with E-state index in [0.717, 1.165) is 11.3 Å². The number of benzene rings is 1. The van der Waals surface area contributed by atoms with Crippen molar-refractivity contribution in [2.45, 2.75) is 19.0 Å². The number of hydrogen-bond donors (Lipinski definition) is 2. The van der Waals surface area contributed by atoms with Gasteiger partial charge in [-0.3, -0.25) is 14.5 Å². The molecule has 1 aromatic rings. The molecule has 0 aromatic heterocycles. The van der Waals surface area contributed by atoms with E-state index in [1.807, 2.05) is 29.2 Å². The number of carbonyl (C=O) groups excluding carboxylic acids is 2. The molecule has 0 saturated carbocycles. The van der Waals surface area contributed by atoms with Crippen LogP contribution in [0.3, 0.4) is 0 Å². The van der Waals surface area contributed by atoms with Gasteiger partial charge < -0.3 is 20.1 Å². The molecule has 0 radical (unpaired) electrons. The molecule has 1 fully saturated rings. The van der Waals surface area contributed by atoms with Gasteiger partial charge in [0.2, 0.25) is 11.8 Å². The highest BCUT2D eigenvalue weighted by Gasteiger charge is 2.31. The zero-order valence-electron chi connectivity index (χ0n) is 14.2. The normalized spacial score (nSPS) is 18.1. The molecule has 1 aliphatic heterocycles. The topological polar surface area (TPSA) is 79.9 Å². The average Bonchev–Trinajstić information content (AvgIpc) is 2.58. The Morgan fingerprint density at radius 3 is 2.92 bits per heavy atom. The van der Waals surface area contributed by atoms with Gasteiger partial charge in [-0.1, -0.05) is 18.2 Å². The second kappa shape index (κ2) is 9.24. The Hall–Kier alpha value is -2.12. The van der Waals surface area contributed by atoms with Gasteiger partial charge in [-0.15, -0.1) is 0 Å². The van der Waals surface area contributed by atoms with Crippen molar-refractivity contribution in [1.29, 1.82) is 0 Å². The van der Waals surface area contributed by atoms with Crippen molar-refractivity contribution in [2.75, 3.05) is 40.5 Å². The minimum absolute atomic E-state index is 0.113. The molecule has 1 heterocycles. The maximum atomic E-state index is 12.2. The van der Waals surface area contributed by atoms with E-state index < -0.39 is 6.04 Å². The van der Waals surface area contributed by atoms with E-state index >= 15 is 0 Å². The summed E-state index contributed by atoms with van der Waals surface area (Å²) in [6.45, 7) is 2.73. The smallest absolute Gasteiger partial charge is 0.237 e. The van der Waals surface area contributed by atoms with Crippen molar-refractivity contribution in [3.05, 3.63) is 29.8 Å². The molecule has 24 heavy (non-hydrogen) atoms. The first-order chi connectivity index (χ1) is 11.7. The van der Waals surface area contributed by atoms with Crippen LogP contribution in [-0.4, -0.2) is 63.2 Å². The third-order valence-corrected chi connectivity index (χ3v) is 4.01. The molecule has 0 bridgehead atoms. The fourth-order valence-electron chi connectivity index (χ4n) is 2.77. The predicted molar refractivity (Wildman–Crippen MR) is 89.7 cm³/mol. The van der Waals surface area contributed by atoms with E-state index in [2.05, 4.69) is 10.6 Å². The second-order valence-electron chi connectivity index (χ2n) is 5.64. The number of para-hydroxylation sites is 1. The Morgan fingerprint density at radius 1 is 1.38 bits per heavy atom. The zero-order valence-corrected chi connectivity index (χ0v) is 14.2. The maximum absolute atomic E-state index is 12.2. The monoisotopic (exact) mass is 335 g/mol. The van der Waals surface area contributed by atoms with Crippen molar-refractivity contribution in [2.24, 2.45) is 0 Å². The fraction of sp³-hybridized carbons (Fsp3) is 0.529. The van der Waals surface area contributed by atoms with Gasteiger partial charge in [0.25, 0.3) is 0 Å². The van der Waals surface area contributed by atoms with E-state index in [0.29, 0.717) is 32.8 Å². The molecule has 1 saturated heterocycles. The van der Waals surface area contributed by atoms with Gasteiger partial charge in [0.1, 0.15) is 5.75 Å². The minimum atomic E-state index is -0.480. The Morgan fingerprint density at radius 2 is 2.17 bits per heavy atom. The van der Waals surface area contributed by atoms with Crippen LogP contribution in [0, 0.1) is 0 Å². The van der Waals surface area contributed by atoms with Gasteiger partial charge in [0, 0.05) is 38.9 Å². The number of rotatable bonds is 8. The Balaban J connectivity index is 2.03. The fourth-order valence-corrected chi connectivity index (χ4v) is 2.77. The first-order valence-electron chi connectivity index (χ1n) is 8.05. The lowest BCUT2D eigenvalue weighted by Crippen LogP contribution is -2.56. The molecule has 7 heteroatoms. The van der Waals surface area contributed by atoms with E-state index in [9.17, 15) is 9.59 Å². The minimum Gasteiger partial charge on any atom is -0.496 e. The highest BCUT2D eigenvalue weighted by atomic mass is 16.5. The average molecular weight is 335 g/mol. The summed E-state index contributed by atoms with van der Waals surface area (Å²) in [5, 5.41) is 5.60. The SMILES string of the molecule is COCCNC(=O)C[C@@H]1C(=O)NCCN1Cc1ccccc1OC. The lowest BCUT2D eigenvalue weighted by Gasteiger charge is -2.35. The van der Waals surface area contributed by atoms with Crippen molar-refractivity contribution < 1.29 is 19.1 Å². The first-order valence-corrected chi connectivity index (χ1v) is 8.05. The van der Waals surface area contributed by atoms with E-state index in [1.54, 1.807) is 14.2 Å². The van der Waals surface area contributed by atoms with Gasteiger partial charge in [0.05, 0.1) is 26.2 Å². The molecule has 1 atom stereocenters. The van der Waals surface area contributed by atoms with E-state index in [-0.39, 0.29) is 18.2 Å². The van der Waals surface area contributed by atoms with Gasteiger partial charge in [-0.2, -0.15) is 0 Å². The molecule has 0 spiro atoms.